The number of carbonyl (C=O) groups is 1. The molecule has 0 saturated heterocycles. The first-order valence-corrected chi connectivity index (χ1v) is 10.3. The van der Waals surface area contributed by atoms with Gasteiger partial charge < -0.3 is 4.90 Å². The van der Waals surface area contributed by atoms with Crippen LogP contribution in [0.15, 0.2) is 72.8 Å². The highest BCUT2D eigenvalue weighted by Crippen LogP contribution is 2.51. The maximum atomic E-state index is 13.7. The number of hydrogen-bond acceptors (Lipinski definition) is 1. The van der Waals surface area contributed by atoms with Gasteiger partial charge in [-0.25, -0.2) is 0 Å². The Bertz CT molecular complexity index is 1050. The average Bonchev–Trinajstić information content (AvgIpc) is 2.68. The zero-order valence-corrected chi connectivity index (χ0v) is 18.0. The molecule has 1 atom stereocenters. The molecule has 1 aliphatic rings. The summed E-state index contributed by atoms with van der Waals surface area (Å²) in [6, 6.07) is 25.1. The van der Waals surface area contributed by atoms with Crippen LogP contribution in [-0.2, 0) is 5.41 Å². The maximum absolute atomic E-state index is 13.7. The van der Waals surface area contributed by atoms with Crippen molar-refractivity contribution in [2.75, 3.05) is 4.90 Å². The van der Waals surface area contributed by atoms with Crippen molar-refractivity contribution in [1.29, 1.82) is 0 Å². The lowest BCUT2D eigenvalue weighted by atomic mass is 9.65. The van der Waals surface area contributed by atoms with Gasteiger partial charge in [0.05, 0.1) is 0 Å². The minimum Gasteiger partial charge on any atom is -0.302 e. The Hall–Kier alpha value is -2.87. The van der Waals surface area contributed by atoms with E-state index in [2.05, 4.69) is 76.2 Å². The van der Waals surface area contributed by atoms with E-state index in [0.29, 0.717) is 0 Å². The summed E-state index contributed by atoms with van der Waals surface area (Å²) in [5.41, 5.74) is 6.11. The van der Waals surface area contributed by atoms with Gasteiger partial charge in [0.25, 0.3) is 5.91 Å². The summed E-state index contributed by atoms with van der Waals surface area (Å²) in [6.07, 6.45) is 0.859. The Labute approximate surface area is 174 Å². The molecule has 3 aromatic carbocycles. The predicted molar refractivity (Wildman–Crippen MR) is 121 cm³/mol. The molecule has 0 radical (unpaired) electrons. The summed E-state index contributed by atoms with van der Waals surface area (Å²) < 4.78 is 0. The molecular formula is C27H29NO. The molecule has 3 aromatic rings. The second-order valence-corrected chi connectivity index (χ2v) is 9.21. The number of aryl methyl sites for hydroxylation is 2. The van der Waals surface area contributed by atoms with Crippen molar-refractivity contribution in [3.63, 3.8) is 0 Å². The summed E-state index contributed by atoms with van der Waals surface area (Å²) >= 11 is 0. The molecule has 148 valence electrons. The van der Waals surface area contributed by atoms with Crippen LogP contribution in [0.3, 0.4) is 0 Å². The molecular weight excluding hydrogens is 354 g/mol. The van der Waals surface area contributed by atoms with E-state index in [4.69, 9.17) is 0 Å². The van der Waals surface area contributed by atoms with Crippen molar-refractivity contribution in [3.05, 3.63) is 101 Å². The molecule has 0 bridgehead atoms. The monoisotopic (exact) mass is 383 g/mol. The fourth-order valence-electron chi connectivity index (χ4n) is 4.93. The fourth-order valence-corrected chi connectivity index (χ4v) is 4.93. The van der Waals surface area contributed by atoms with Gasteiger partial charge in [-0.15, -0.1) is 0 Å². The van der Waals surface area contributed by atoms with E-state index in [-0.39, 0.29) is 16.9 Å². The average molecular weight is 384 g/mol. The van der Waals surface area contributed by atoms with E-state index in [1.807, 2.05) is 36.1 Å². The normalized spacial score (nSPS) is 20.2. The smallest absolute Gasteiger partial charge is 0.258 e. The summed E-state index contributed by atoms with van der Waals surface area (Å²) in [4.78, 5) is 15.7. The van der Waals surface area contributed by atoms with Crippen molar-refractivity contribution < 1.29 is 4.79 Å². The van der Waals surface area contributed by atoms with Crippen LogP contribution in [-0.4, -0.2) is 11.4 Å². The first kappa shape index (κ1) is 19.4. The number of hydrogen-bond donors (Lipinski definition) is 0. The van der Waals surface area contributed by atoms with Gasteiger partial charge >= 0.3 is 0 Å². The molecule has 1 amide bonds. The van der Waals surface area contributed by atoms with Gasteiger partial charge in [0, 0.05) is 22.2 Å². The minimum atomic E-state index is -0.326. The first-order valence-electron chi connectivity index (χ1n) is 10.3. The van der Waals surface area contributed by atoms with Gasteiger partial charge in [-0.2, -0.15) is 0 Å². The highest BCUT2D eigenvalue weighted by molar-refractivity contribution is 6.08. The molecule has 0 spiro atoms. The van der Waals surface area contributed by atoms with Gasteiger partial charge in [0.1, 0.15) is 0 Å². The summed E-state index contributed by atoms with van der Waals surface area (Å²) in [5.74, 6) is 0.0666. The number of carbonyl (C=O) groups excluding carboxylic acids is 1. The molecule has 2 nitrogen and oxygen atoms in total. The summed E-state index contributed by atoms with van der Waals surface area (Å²) in [5, 5.41) is 0. The molecule has 0 saturated carbocycles. The number of amides is 1. The van der Waals surface area contributed by atoms with Crippen LogP contribution in [0.5, 0.6) is 0 Å². The van der Waals surface area contributed by atoms with Crippen LogP contribution in [0.1, 0.15) is 59.8 Å². The van der Waals surface area contributed by atoms with Crippen molar-refractivity contribution in [2.45, 2.75) is 52.0 Å². The molecule has 29 heavy (non-hydrogen) atoms. The maximum Gasteiger partial charge on any atom is 0.258 e. The Kier molecular flexibility index (Phi) is 4.61. The summed E-state index contributed by atoms with van der Waals surface area (Å²) in [7, 11) is 0. The van der Waals surface area contributed by atoms with Crippen LogP contribution >= 0.6 is 0 Å². The highest BCUT2D eigenvalue weighted by atomic mass is 16.2. The van der Waals surface area contributed by atoms with Crippen LogP contribution in [0.4, 0.5) is 5.69 Å². The van der Waals surface area contributed by atoms with E-state index in [0.717, 1.165) is 23.2 Å². The lowest BCUT2D eigenvalue weighted by Gasteiger charge is -2.51. The SMILES string of the molecule is Cc1ccc(C(=O)N2c3cc(C)ccc3[C@@](C)(c3ccccc3)CC2(C)C)cc1. The quantitative estimate of drug-likeness (QED) is 0.499. The highest BCUT2D eigenvalue weighted by Gasteiger charge is 2.47. The second-order valence-electron chi connectivity index (χ2n) is 9.21. The molecule has 0 aliphatic carbocycles. The van der Waals surface area contributed by atoms with E-state index in [9.17, 15) is 4.79 Å². The van der Waals surface area contributed by atoms with Crippen LogP contribution < -0.4 is 4.90 Å². The van der Waals surface area contributed by atoms with E-state index in [1.54, 1.807) is 0 Å². The Morgan fingerprint density at radius 1 is 0.828 bits per heavy atom. The molecule has 4 rings (SSSR count). The van der Waals surface area contributed by atoms with E-state index < -0.39 is 0 Å². The minimum absolute atomic E-state index is 0.0666. The van der Waals surface area contributed by atoms with Crippen LogP contribution in [0, 0.1) is 13.8 Å². The van der Waals surface area contributed by atoms with Gasteiger partial charge in [-0.3, -0.25) is 4.79 Å². The lowest BCUT2D eigenvalue weighted by molar-refractivity contribution is 0.0948. The summed E-state index contributed by atoms with van der Waals surface area (Å²) in [6.45, 7) is 10.8. The molecule has 1 aliphatic heterocycles. The third-order valence-corrected chi connectivity index (χ3v) is 6.29. The van der Waals surface area contributed by atoms with E-state index in [1.165, 1.54) is 16.7 Å². The number of anilines is 1. The topological polar surface area (TPSA) is 20.3 Å². The van der Waals surface area contributed by atoms with Gasteiger partial charge in [0.15, 0.2) is 0 Å². The van der Waals surface area contributed by atoms with Crippen molar-refractivity contribution >= 4 is 11.6 Å². The molecule has 2 heteroatoms. The first-order chi connectivity index (χ1) is 13.7. The standard InChI is InChI=1S/C27H29NO/c1-19-11-14-21(15-12-19)25(29)28-24-17-20(2)13-16-23(24)27(5,18-26(28,3)4)22-9-7-6-8-10-22/h6-17H,18H2,1-5H3/t27-/m1/s1. The lowest BCUT2D eigenvalue weighted by Crippen LogP contribution is -2.55. The van der Waals surface area contributed by atoms with E-state index >= 15 is 0 Å². The second kappa shape index (κ2) is 6.88. The largest absolute Gasteiger partial charge is 0.302 e. The third-order valence-electron chi connectivity index (χ3n) is 6.29. The number of rotatable bonds is 2. The Balaban J connectivity index is 1.91. The zero-order valence-electron chi connectivity index (χ0n) is 18.0. The number of benzene rings is 3. The number of fused-ring (bicyclic) bond motifs is 1. The predicted octanol–water partition coefficient (Wildman–Crippen LogP) is 6.44. The van der Waals surface area contributed by atoms with Crippen molar-refractivity contribution in [1.82, 2.24) is 0 Å². The molecule has 0 N–H and O–H groups in total. The number of nitrogens with zero attached hydrogens (tertiary/aromatic N) is 1. The fraction of sp³-hybridized carbons (Fsp3) is 0.296. The van der Waals surface area contributed by atoms with Gasteiger partial charge in [-0.05, 0) is 69.0 Å². The Morgan fingerprint density at radius 2 is 1.45 bits per heavy atom. The van der Waals surface area contributed by atoms with Crippen LogP contribution in [0.25, 0.3) is 0 Å². The third kappa shape index (κ3) is 3.27. The molecule has 1 heterocycles. The van der Waals surface area contributed by atoms with Gasteiger partial charge in [-0.1, -0.05) is 67.1 Å². The van der Waals surface area contributed by atoms with Gasteiger partial charge in [0.2, 0.25) is 0 Å². The van der Waals surface area contributed by atoms with Crippen molar-refractivity contribution in [2.24, 2.45) is 0 Å². The molecule has 0 fully saturated rings. The zero-order chi connectivity index (χ0) is 20.8. The molecule has 0 unspecified atom stereocenters. The Morgan fingerprint density at radius 3 is 2.10 bits per heavy atom. The molecule has 0 aromatic heterocycles. The van der Waals surface area contributed by atoms with Crippen LogP contribution in [0.2, 0.25) is 0 Å². The van der Waals surface area contributed by atoms with Crippen molar-refractivity contribution in [3.8, 4) is 0 Å².